The van der Waals surface area contributed by atoms with Gasteiger partial charge in [0, 0.05) is 31.9 Å². The van der Waals surface area contributed by atoms with Crippen molar-refractivity contribution in [3.63, 3.8) is 0 Å². The summed E-state index contributed by atoms with van der Waals surface area (Å²) in [4.78, 5) is 5.03. The minimum Gasteiger partial charge on any atom is -0.492 e. The molecule has 2 aromatic carbocycles. The molecular formula is C20H26N2O3S. The van der Waals surface area contributed by atoms with Crippen molar-refractivity contribution in [2.75, 3.05) is 48.3 Å². The van der Waals surface area contributed by atoms with E-state index in [1.165, 1.54) is 0 Å². The minimum atomic E-state index is -3.14. The van der Waals surface area contributed by atoms with Gasteiger partial charge in [-0.15, -0.1) is 0 Å². The standard InChI is InChI=1S/C20H26N2O3S/c1-3-25-20-8-6-5-7-19(20)22-15-13-21(14-16-22)17-9-11-18(12-10-17)26(23,24)4-2/h5-12H,3-4,13-16H2,1-2H3. The number of anilines is 2. The van der Waals surface area contributed by atoms with E-state index < -0.39 is 9.84 Å². The normalized spacial score (nSPS) is 15.2. The maximum atomic E-state index is 11.9. The van der Waals surface area contributed by atoms with Crippen molar-refractivity contribution < 1.29 is 13.2 Å². The number of sulfone groups is 1. The van der Waals surface area contributed by atoms with Gasteiger partial charge in [0.05, 0.1) is 22.9 Å². The fourth-order valence-corrected chi connectivity index (χ4v) is 4.12. The maximum Gasteiger partial charge on any atom is 0.178 e. The molecule has 6 heteroatoms. The maximum absolute atomic E-state index is 11.9. The highest BCUT2D eigenvalue weighted by molar-refractivity contribution is 7.91. The van der Waals surface area contributed by atoms with Crippen molar-refractivity contribution >= 4 is 21.2 Å². The zero-order chi connectivity index (χ0) is 18.6. The number of ether oxygens (including phenoxy) is 1. The third-order valence-corrected chi connectivity index (χ3v) is 6.48. The van der Waals surface area contributed by atoms with Gasteiger partial charge in [0.2, 0.25) is 0 Å². The first-order chi connectivity index (χ1) is 12.5. The Hall–Kier alpha value is -2.21. The Kier molecular flexibility index (Phi) is 5.71. The van der Waals surface area contributed by atoms with Crippen LogP contribution in [-0.2, 0) is 9.84 Å². The van der Waals surface area contributed by atoms with E-state index in [0.717, 1.165) is 43.3 Å². The van der Waals surface area contributed by atoms with E-state index in [2.05, 4.69) is 15.9 Å². The topological polar surface area (TPSA) is 49.9 Å². The lowest BCUT2D eigenvalue weighted by Gasteiger charge is -2.38. The molecule has 140 valence electrons. The van der Waals surface area contributed by atoms with E-state index in [1.807, 2.05) is 37.3 Å². The predicted molar refractivity (Wildman–Crippen MR) is 106 cm³/mol. The van der Waals surface area contributed by atoms with Gasteiger partial charge in [-0.25, -0.2) is 8.42 Å². The molecule has 0 bridgehead atoms. The predicted octanol–water partition coefficient (Wildman–Crippen LogP) is 3.21. The third-order valence-electron chi connectivity index (χ3n) is 4.73. The van der Waals surface area contributed by atoms with E-state index in [9.17, 15) is 8.42 Å². The smallest absolute Gasteiger partial charge is 0.178 e. The molecular weight excluding hydrogens is 348 g/mol. The highest BCUT2D eigenvalue weighted by Gasteiger charge is 2.20. The second-order valence-electron chi connectivity index (χ2n) is 6.27. The van der Waals surface area contributed by atoms with E-state index in [1.54, 1.807) is 19.1 Å². The lowest BCUT2D eigenvalue weighted by atomic mass is 10.2. The summed E-state index contributed by atoms with van der Waals surface area (Å²) in [6.07, 6.45) is 0. The molecule has 0 aromatic heterocycles. The fourth-order valence-electron chi connectivity index (χ4n) is 3.23. The molecule has 0 spiro atoms. The molecule has 5 nitrogen and oxygen atoms in total. The number of hydrogen-bond donors (Lipinski definition) is 0. The van der Waals surface area contributed by atoms with Gasteiger partial charge < -0.3 is 14.5 Å². The molecule has 1 heterocycles. The van der Waals surface area contributed by atoms with Crippen LogP contribution in [-0.4, -0.2) is 47.0 Å². The molecule has 0 saturated carbocycles. The van der Waals surface area contributed by atoms with Crippen LogP contribution in [0.3, 0.4) is 0 Å². The number of benzene rings is 2. The Bertz CT molecular complexity index is 826. The Balaban J connectivity index is 1.67. The van der Waals surface area contributed by atoms with Crippen LogP contribution in [0.1, 0.15) is 13.8 Å². The van der Waals surface area contributed by atoms with Crippen molar-refractivity contribution in [3.05, 3.63) is 48.5 Å². The van der Waals surface area contributed by atoms with Crippen LogP contribution in [0.2, 0.25) is 0 Å². The summed E-state index contributed by atoms with van der Waals surface area (Å²) in [6.45, 7) is 7.91. The van der Waals surface area contributed by atoms with Crippen molar-refractivity contribution in [3.8, 4) is 5.75 Å². The molecule has 3 rings (SSSR count). The van der Waals surface area contributed by atoms with Crippen LogP contribution in [0, 0.1) is 0 Å². The van der Waals surface area contributed by atoms with Gasteiger partial charge in [-0.05, 0) is 43.3 Å². The van der Waals surface area contributed by atoms with E-state index in [-0.39, 0.29) is 5.75 Å². The number of para-hydroxylation sites is 2. The van der Waals surface area contributed by atoms with Gasteiger partial charge in [-0.2, -0.15) is 0 Å². The number of nitrogens with zero attached hydrogens (tertiary/aromatic N) is 2. The SMILES string of the molecule is CCOc1ccccc1N1CCN(c2ccc(S(=O)(=O)CC)cc2)CC1. The second-order valence-corrected chi connectivity index (χ2v) is 8.55. The Labute approximate surface area is 156 Å². The summed E-state index contributed by atoms with van der Waals surface area (Å²) in [5.74, 6) is 1.06. The first-order valence-electron chi connectivity index (χ1n) is 9.09. The van der Waals surface area contributed by atoms with Gasteiger partial charge in [-0.3, -0.25) is 0 Å². The Morgan fingerprint density at radius 3 is 2.12 bits per heavy atom. The van der Waals surface area contributed by atoms with E-state index in [4.69, 9.17) is 4.74 Å². The summed E-state index contributed by atoms with van der Waals surface area (Å²) < 4.78 is 29.6. The third kappa shape index (κ3) is 3.96. The average molecular weight is 375 g/mol. The number of piperazine rings is 1. The van der Waals surface area contributed by atoms with Gasteiger partial charge >= 0.3 is 0 Å². The van der Waals surface area contributed by atoms with Crippen molar-refractivity contribution in [2.45, 2.75) is 18.7 Å². The van der Waals surface area contributed by atoms with Crippen molar-refractivity contribution in [1.29, 1.82) is 0 Å². The van der Waals surface area contributed by atoms with Gasteiger partial charge in [0.15, 0.2) is 9.84 Å². The van der Waals surface area contributed by atoms with E-state index in [0.29, 0.717) is 11.5 Å². The van der Waals surface area contributed by atoms with Crippen LogP contribution in [0.15, 0.2) is 53.4 Å². The molecule has 0 amide bonds. The van der Waals surface area contributed by atoms with Gasteiger partial charge in [-0.1, -0.05) is 19.1 Å². The number of rotatable bonds is 6. The Morgan fingerprint density at radius 2 is 1.50 bits per heavy atom. The van der Waals surface area contributed by atoms with Crippen molar-refractivity contribution in [1.82, 2.24) is 0 Å². The van der Waals surface area contributed by atoms with Crippen LogP contribution in [0.25, 0.3) is 0 Å². The number of hydrogen-bond acceptors (Lipinski definition) is 5. The lowest BCUT2D eigenvalue weighted by molar-refractivity contribution is 0.340. The molecule has 0 unspecified atom stereocenters. The Morgan fingerprint density at radius 1 is 0.885 bits per heavy atom. The molecule has 2 aromatic rings. The molecule has 0 radical (unpaired) electrons. The minimum absolute atomic E-state index is 0.129. The molecule has 1 aliphatic rings. The summed E-state index contributed by atoms with van der Waals surface area (Å²) in [5, 5.41) is 0. The van der Waals surface area contributed by atoms with Crippen LogP contribution >= 0.6 is 0 Å². The van der Waals surface area contributed by atoms with Gasteiger partial charge in [0.25, 0.3) is 0 Å². The molecule has 0 atom stereocenters. The largest absolute Gasteiger partial charge is 0.492 e. The molecule has 0 N–H and O–H groups in total. The summed E-state index contributed by atoms with van der Waals surface area (Å²) in [7, 11) is -3.14. The first kappa shape index (κ1) is 18.6. The first-order valence-corrected chi connectivity index (χ1v) is 10.7. The molecule has 1 saturated heterocycles. The highest BCUT2D eigenvalue weighted by atomic mass is 32.2. The highest BCUT2D eigenvalue weighted by Crippen LogP contribution is 2.29. The monoisotopic (exact) mass is 374 g/mol. The summed E-state index contributed by atoms with van der Waals surface area (Å²) in [6, 6.07) is 15.4. The fraction of sp³-hybridized carbons (Fsp3) is 0.400. The zero-order valence-corrected chi connectivity index (χ0v) is 16.2. The van der Waals surface area contributed by atoms with Gasteiger partial charge in [0.1, 0.15) is 5.75 Å². The van der Waals surface area contributed by atoms with Crippen LogP contribution in [0.5, 0.6) is 5.75 Å². The van der Waals surface area contributed by atoms with E-state index >= 15 is 0 Å². The zero-order valence-electron chi connectivity index (χ0n) is 15.4. The summed E-state index contributed by atoms with van der Waals surface area (Å²) >= 11 is 0. The quantitative estimate of drug-likeness (QED) is 0.777. The average Bonchev–Trinajstić information content (AvgIpc) is 2.69. The molecule has 26 heavy (non-hydrogen) atoms. The molecule has 1 aliphatic heterocycles. The molecule has 1 fully saturated rings. The molecule has 0 aliphatic carbocycles. The lowest BCUT2D eigenvalue weighted by Crippen LogP contribution is -2.46. The van der Waals surface area contributed by atoms with Crippen LogP contribution in [0.4, 0.5) is 11.4 Å². The summed E-state index contributed by atoms with van der Waals surface area (Å²) in [5.41, 5.74) is 2.20. The van der Waals surface area contributed by atoms with Crippen molar-refractivity contribution in [2.24, 2.45) is 0 Å². The second kappa shape index (κ2) is 7.99. The van der Waals surface area contributed by atoms with Crippen LogP contribution < -0.4 is 14.5 Å².